The average Bonchev–Trinajstić information content (AvgIpc) is 3.45. The fraction of sp³-hybridized carbons (Fsp3) is 0.381. The lowest BCUT2D eigenvalue weighted by Crippen LogP contribution is -2.19. The highest BCUT2D eigenvalue weighted by Crippen LogP contribution is 2.38. The minimum Gasteiger partial charge on any atom is -0.460 e. The molecule has 3 aromatic rings. The summed E-state index contributed by atoms with van der Waals surface area (Å²) in [6.45, 7) is 1.70. The van der Waals surface area contributed by atoms with Crippen LogP contribution in [0.3, 0.4) is 0 Å². The summed E-state index contributed by atoms with van der Waals surface area (Å²) in [5.74, 6) is 0.837. The van der Waals surface area contributed by atoms with Gasteiger partial charge in [-0.3, -0.25) is 0 Å². The van der Waals surface area contributed by atoms with Crippen LogP contribution in [0.2, 0.25) is 0 Å². The van der Waals surface area contributed by atoms with Crippen molar-refractivity contribution < 1.29 is 18.6 Å². The first-order valence-corrected chi connectivity index (χ1v) is 10.9. The number of ether oxygens (including phenoxy) is 3. The predicted octanol–water partition coefficient (Wildman–Crippen LogP) is 3.89. The fourth-order valence-corrected chi connectivity index (χ4v) is 4.55. The lowest BCUT2D eigenvalue weighted by molar-refractivity contribution is -0.112. The maximum atomic E-state index is 14.2. The van der Waals surface area contributed by atoms with E-state index in [2.05, 4.69) is 15.5 Å². The molecule has 0 bridgehead atoms. The van der Waals surface area contributed by atoms with Crippen molar-refractivity contribution in [2.75, 3.05) is 6.61 Å². The molecule has 0 aliphatic carbocycles. The Morgan fingerprint density at radius 3 is 2.90 bits per heavy atom. The monoisotopic (exact) mass is 428 g/mol. The van der Waals surface area contributed by atoms with Crippen molar-refractivity contribution in [3.63, 3.8) is 0 Å². The highest BCUT2D eigenvalue weighted by molar-refractivity contribution is 7.98. The Bertz CT molecular complexity index is 1010. The van der Waals surface area contributed by atoms with E-state index in [-0.39, 0.29) is 11.9 Å². The number of aromatic nitrogens is 4. The van der Waals surface area contributed by atoms with Gasteiger partial charge in [-0.15, -0.1) is 5.10 Å². The molecule has 0 N–H and O–H groups in total. The Labute approximate surface area is 177 Å². The largest absolute Gasteiger partial charge is 0.460 e. The smallest absolute Gasteiger partial charge is 0.227 e. The third-order valence-corrected chi connectivity index (χ3v) is 6.16. The predicted molar refractivity (Wildman–Crippen MR) is 107 cm³/mol. The second-order valence-electron chi connectivity index (χ2n) is 7.29. The Hall–Kier alpha value is -2.49. The van der Waals surface area contributed by atoms with Crippen molar-refractivity contribution in [1.29, 1.82) is 0 Å². The molecule has 0 saturated carbocycles. The van der Waals surface area contributed by atoms with Crippen LogP contribution in [-0.2, 0) is 28.4 Å². The summed E-state index contributed by atoms with van der Waals surface area (Å²) in [4.78, 5) is 0. The lowest BCUT2D eigenvalue weighted by Gasteiger charge is -2.28. The second-order valence-corrected chi connectivity index (χ2v) is 8.23. The minimum atomic E-state index is -0.516. The van der Waals surface area contributed by atoms with Gasteiger partial charge in [0.05, 0.1) is 19.3 Å². The van der Waals surface area contributed by atoms with Crippen molar-refractivity contribution >= 4 is 11.8 Å². The Morgan fingerprint density at radius 1 is 1.17 bits per heavy atom. The Morgan fingerprint density at radius 2 is 2.07 bits per heavy atom. The normalized spacial score (nSPS) is 20.7. The molecule has 0 unspecified atom stereocenters. The van der Waals surface area contributed by atoms with E-state index in [9.17, 15) is 4.39 Å². The molecule has 2 aliphatic rings. The first-order chi connectivity index (χ1) is 14.8. The number of thioether (sulfide) groups is 1. The molecular weight excluding hydrogens is 407 g/mol. The zero-order valence-electron chi connectivity index (χ0n) is 16.2. The summed E-state index contributed by atoms with van der Waals surface area (Å²) in [5.41, 5.74) is 2.38. The first kappa shape index (κ1) is 19.5. The highest BCUT2D eigenvalue weighted by atomic mass is 32.2. The van der Waals surface area contributed by atoms with Gasteiger partial charge in [0.15, 0.2) is 0 Å². The van der Waals surface area contributed by atoms with E-state index in [1.165, 1.54) is 23.9 Å². The van der Waals surface area contributed by atoms with Crippen LogP contribution in [-0.4, -0.2) is 32.9 Å². The van der Waals surface area contributed by atoms with Crippen LogP contribution in [0.15, 0.2) is 47.6 Å². The molecule has 1 aromatic heterocycles. The van der Waals surface area contributed by atoms with Gasteiger partial charge in [0.25, 0.3) is 0 Å². The van der Waals surface area contributed by atoms with Crippen LogP contribution >= 0.6 is 11.8 Å². The standard InChI is InChI=1S/C21H21FN4O3S/c22-17-9-15-12-28-20(14-5-2-1-3-6-14)29-19(15)16(10-17)13-30-21-23-24-25-26(21)11-18-7-4-8-27-18/h1-3,5-6,9-10,18,20H,4,7-8,11-13H2/t18-,20+/m1/s1. The number of hydrogen-bond donors (Lipinski definition) is 0. The quantitative estimate of drug-likeness (QED) is 0.552. The summed E-state index contributed by atoms with van der Waals surface area (Å²) in [6, 6.07) is 12.7. The van der Waals surface area contributed by atoms with Gasteiger partial charge in [-0.25, -0.2) is 9.07 Å². The van der Waals surface area contributed by atoms with E-state index < -0.39 is 6.29 Å². The van der Waals surface area contributed by atoms with Crippen LogP contribution in [0.1, 0.15) is 35.8 Å². The number of hydrogen-bond acceptors (Lipinski definition) is 7. The lowest BCUT2D eigenvalue weighted by atomic mass is 10.1. The Kier molecular flexibility index (Phi) is 5.65. The molecule has 9 heteroatoms. The van der Waals surface area contributed by atoms with E-state index in [4.69, 9.17) is 14.2 Å². The van der Waals surface area contributed by atoms with Gasteiger partial charge >= 0.3 is 0 Å². The second kappa shape index (κ2) is 8.71. The number of tetrazole rings is 1. The summed E-state index contributed by atoms with van der Waals surface area (Å²) < 4.78 is 33.6. The van der Waals surface area contributed by atoms with E-state index in [1.807, 2.05) is 30.3 Å². The van der Waals surface area contributed by atoms with Crippen molar-refractivity contribution in [1.82, 2.24) is 20.2 Å². The number of nitrogens with zero attached hydrogens (tertiary/aromatic N) is 4. The molecule has 0 amide bonds. The average molecular weight is 428 g/mol. The third kappa shape index (κ3) is 4.19. The summed E-state index contributed by atoms with van der Waals surface area (Å²) in [7, 11) is 0. The molecule has 2 aromatic carbocycles. The molecule has 3 heterocycles. The molecule has 1 fully saturated rings. The fourth-order valence-electron chi connectivity index (χ4n) is 3.70. The SMILES string of the molecule is Fc1cc2c(c(CSc3nnnn3C[C@H]3CCCO3)c1)O[C@@H](c1ccccc1)OC2. The van der Waals surface area contributed by atoms with E-state index in [1.54, 1.807) is 4.68 Å². The molecule has 0 spiro atoms. The van der Waals surface area contributed by atoms with E-state index in [0.717, 1.165) is 30.6 Å². The molecule has 156 valence electrons. The van der Waals surface area contributed by atoms with Crippen LogP contribution in [0.5, 0.6) is 5.75 Å². The molecular formula is C21H21FN4O3S. The van der Waals surface area contributed by atoms with Crippen LogP contribution in [0.25, 0.3) is 0 Å². The van der Waals surface area contributed by atoms with Crippen molar-refractivity contribution in [2.24, 2.45) is 0 Å². The van der Waals surface area contributed by atoms with Gasteiger partial charge in [-0.1, -0.05) is 42.1 Å². The topological polar surface area (TPSA) is 71.3 Å². The van der Waals surface area contributed by atoms with Crippen molar-refractivity contribution in [2.45, 2.75) is 49.3 Å². The zero-order chi connectivity index (χ0) is 20.3. The summed E-state index contributed by atoms with van der Waals surface area (Å²) in [5, 5.41) is 12.7. The van der Waals surface area contributed by atoms with Crippen LogP contribution in [0, 0.1) is 5.82 Å². The van der Waals surface area contributed by atoms with Crippen molar-refractivity contribution in [3.05, 3.63) is 65.0 Å². The molecule has 2 aliphatic heterocycles. The molecule has 7 nitrogen and oxygen atoms in total. The maximum Gasteiger partial charge on any atom is 0.227 e. The number of halogens is 1. The van der Waals surface area contributed by atoms with Crippen LogP contribution < -0.4 is 4.74 Å². The number of benzene rings is 2. The Balaban J connectivity index is 1.33. The van der Waals surface area contributed by atoms with E-state index in [0.29, 0.717) is 35.4 Å². The maximum absolute atomic E-state index is 14.2. The summed E-state index contributed by atoms with van der Waals surface area (Å²) >= 11 is 1.45. The van der Waals surface area contributed by atoms with E-state index >= 15 is 0 Å². The van der Waals surface area contributed by atoms with Gasteiger partial charge in [-0.2, -0.15) is 0 Å². The number of fused-ring (bicyclic) bond motifs is 1. The van der Waals surface area contributed by atoms with Gasteiger partial charge in [-0.05, 0) is 35.4 Å². The molecule has 2 atom stereocenters. The molecule has 5 rings (SSSR count). The van der Waals surface area contributed by atoms with Gasteiger partial charge in [0.1, 0.15) is 11.6 Å². The highest BCUT2D eigenvalue weighted by Gasteiger charge is 2.26. The van der Waals surface area contributed by atoms with Gasteiger partial charge in [0.2, 0.25) is 11.4 Å². The molecule has 1 saturated heterocycles. The molecule has 0 radical (unpaired) electrons. The number of rotatable bonds is 6. The minimum absolute atomic E-state index is 0.141. The van der Waals surface area contributed by atoms with Crippen LogP contribution in [0.4, 0.5) is 4.39 Å². The zero-order valence-corrected chi connectivity index (χ0v) is 17.1. The van der Waals surface area contributed by atoms with Gasteiger partial charge < -0.3 is 14.2 Å². The van der Waals surface area contributed by atoms with Crippen molar-refractivity contribution in [3.8, 4) is 5.75 Å². The first-order valence-electron chi connectivity index (χ1n) is 9.91. The summed E-state index contributed by atoms with van der Waals surface area (Å²) in [6.07, 6.45) is 1.70. The third-order valence-electron chi connectivity index (χ3n) is 5.15. The van der Waals surface area contributed by atoms with Gasteiger partial charge in [0, 0.05) is 29.1 Å². The molecule has 30 heavy (non-hydrogen) atoms.